The summed E-state index contributed by atoms with van der Waals surface area (Å²) in [6.07, 6.45) is 40.9. The molecule has 3 rings (SSSR count). The molecule has 0 N–H and O–H groups in total. The largest absolute Gasteiger partial charge is 0.140 e. The Balaban J connectivity index is 1.35. The Morgan fingerprint density at radius 2 is 0.622 bits per heavy atom. The molecule has 0 radical (unpaired) electrons. The van der Waals surface area contributed by atoms with E-state index in [0.717, 1.165) is 0 Å². The number of hydrogen-bond donors (Lipinski definition) is 0. The minimum atomic E-state index is -1.62. The van der Waals surface area contributed by atoms with E-state index in [2.05, 4.69) is 62.5 Å². The number of unbranched alkanes of at least 4 members (excludes halogenated alkanes) is 26. The maximum atomic E-state index is 2.65. The van der Waals surface area contributed by atoms with Gasteiger partial charge in [0.25, 0.3) is 0 Å². The zero-order valence-electron chi connectivity index (χ0n) is 30.7. The number of rotatable bonds is 30. The molecule has 0 aromatic carbocycles. The first kappa shape index (κ1) is 39.1. The zero-order valence-corrected chi connectivity index (χ0v) is 33.3. The predicted octanol–water partition coefficient (Wildman–Crippen LogP) is 14.9. The highest BCUT2D eigenvalue weighted by Gasteiger charge is 2.46. The van der Waals surface area contributed by atoms with Gasteiger partial charge in [0.05, 0.1) is 0 Å². The monoisotopic (exact) mass is 671 g/mol. The van der Waals surface area contributed by atoms with Crippen molar-refractivity contribution in [2.75, 3.05) is 0 Å². The zero-order chi connectivity index (χ0) is 32.0. The lowest BCUT2D eigenvalue weighted by atomic mass is 10.0. The molecule has 0 atom stereocenters. The van der Waals surface area contributed by atoms with Gasteiger partial charge in [-0.3, -0.25) is 0 Å². The van der Waals surface area contributed by atoms with Gasteiger partial charge in [0.1, 0.15) is 8.07 Å². The van der Waals surface area contributed by atoms with Crippen LogP contribution in [0.4, 0.5) is 0 Å². The Bertz CT molecular complexity index is 920. The van der Waals surface area contributed by atoms with Crippen LogP contribution in [0.3, 0.4) is 0 Å². The van der Waals surface area contributed by atoms with Crippen molar-refractivity contribution in [1.82, 2.24) is 0 Å². The van der Waals surface area contributed by atoms with Gasteiger partial charge in [0.15, 0.2) is 0 Å². The first-order chi connectivity index (χ1) is 22.1. The fraction of sp³-hybridized carbons (Fsp3) is 0.810. The number of fused-ring (bicyclic) bond motifs is 3. The first-order valence-corrected chi connectivity index (χ1v) is 24.4. The summed E-state index contributed by atoms with van der Waals surface area (Å²) in [5.41, 5.74) is 0. The van der Waals surface area contributed by atoms with Gasteiger partial charge < -0.3 is 0 Å². The lowest BCUT2D eigenvalue weighted by Crippen LogP contribution is -2.54. The summed E-state index contributed by atoms with van der Waals surface area (Å²) in [5, 5.41) is 3.71. The quantitative estimate of drug-likeness (QED) is 0.0573. The van der Waals surface area contributed by atoms with Gasteiger partial charge in [-0.05, 0) is 48.4 Å². The van der Waals surface area contributed by atoms with Crippen molar-refractivity contribution >= 4 is 41.1 Å². The summed E-state index contributed by atoms with van der Waals surface area (Å²) in [6, 6.07) is 8.33. The molecule has 0 bridgehead atoms. The summed E-state index contributed by atoms with van der Waals surface area (Å²) in [5.74, 6) is 0. The summed E-state index contributed by atoms with van der Waals surface area (Å²) in [6.45, 7) is 9.36. The third kappa shape index (κ3) is 13.9. The van der Waals surface area contributed by atoms with Gasteiger partial charge in [0, 0.05) is 19.5 Å². The Hall–Kier alpha value is -0.383. The molecule has 45 heavy (non-hydrogen) atoms. The molecule has 1 aliphatic rings. The standard InChI is InChI=1S/C42H74S2Si/c1-5-7-9-11-13-15-17-19-21-23-25-27-29-31-33-45(39-35-37(3)43-41(39)42-40(45)36-38(4)44-42)34-32-30-28-26-24-22-20-18-16-14-12-10-8-6-2/h35-36H,5-34H2,1-4H3. The maximum Gasteiger partial charge on any atom is 0.122 e. The van der Waals surface area contributed by atoms with Crippen LogP contribution in [-0.2, 0) is 0 Å². The average molecular weight is 671 g/mol. The Labute approximate surface area is 291 Å². The molecule has 0 unspecified atom stereocenters. The lowest BCUT2D eigenvalue weighted by Gasteiger charge is -2.29. The molecule has 0 amide bonds. The van der Waals surface area contributed by atoms with E-state index < -0.39 is 8.07 Å². The van der Waals surface area contributed by atoms with Crippen molar-refractivity contribution in [3.05, 3.63) is 21.9 Å². The van der Waals surface area contributed by atoms with Crippen molar-refractivity contribution in [1.29, 1.82) is 0 Å². The number of thiophene rings is 2. The lowest BCUT2D eigenvalue weighted by molar-refractivity contribution is 0.537. The second-order valence-electron chi connectivity index (χ2n) is 15.0. The van der Waals surface area contributed by atoms with Gasteiger partial charge in [0.2, 0.25) is 0 Å². The molecule has 2 aromatic heterocycles. The van der Waals surface area contributed by atoms with E-state index in [1.807, 2.05) is 10.4 Å². The van der Waals surface area contributed by atoms with Crippen molar-refractivity contribution in [3.8, 4) is 9.75 Å². The van der Waals surface area contributed by atoms with Crippen molar-refractivity contribution in [2.24, 2.45) is 0 Å². The molecule has 0 aliphatic carbocycles. The third-order valence-corrected chi connectivity index (χ3v) is 18.8. The minimum absolute atomic E-state index is 1.37. The fourth-order valence-electron chi connectivity index (χ4n) is 8.13. The Morgan fingerprint density at radius 3 is 0.889 bits per heavy atom. The van der Waals surface area contributed by atoms with Crippen LogP contribution in [0.25, 0.3) is 9.75 Å². The van der Waals surface area contributed by atoms with Gasteiger partial charge in [-0.1, -0.05) is 194 Å². The normalized spacial score (nSPS) is 13.5. The van der Waals surface area contributed by atoms with Crippen molar-refractivity contribution in [3.63, 3.8) is 0 Å². The molecule has 1 aliphatic heterocycles. The summed E-state index contributed by atoms with van der Waals surface area (Å²) >= 11 is 4.21. The maximum absolute atomic E-state index is 2.65. The van der Waals surface area contributed by atoms with Crippen LogP contribution in [-0.4, -0.2) is 8.07 Å². The molecule has 0 fully saturated rings. The summed E-state index contributed by atoms with van der Waals surface area (Å²) in [4.78, 5) is 6.50. The molecule has 0 nitrogen and oxygen atoms in total. The Morgan fingerprint density at radius 1 is 0.378 bits per heavy atom. The molecule has 0 saturated carbocycles. The molecule has 0 saturated heterocycles. The highest BCUT2D eigenvalue weighted by atomic mass is 32.1. The summed E-state index contributed by atoms with van der Waals surface area (Å²) < 4.78 is 0. The highest BCUT2D eigenvalue weighted by Crippen LogP contribution is 2.43. The molecule has 2 aromatic rings. The Kier molecular flexibility index (Phi) is 20.7. The van der Waals surface area contributed by atoms with Crippen LogP contribution in [0.5, 0.6) is 0 Å². The van der Waals surface area contributed by atoms with E-state index in [1.54, 1.807) is 19.5 Å². The van der Waals surface area contributed by atoms with Crippen LogP contribution >= 0.6 is 22.7 Å². The van der Waals surface area contributed by atoms with Crippen molar-refractivity contribution < 1.29 is 0 Å². The van der Waals surface area contributed by atoms with Gasteiger partial charge in [-0.15, -0.1) is 22.7 Å². The second-order valence-corrected chi connectivity index (χ2v) is 21.7. The fourth-order valence-corrected chi connectivity index (χ4v) is 17.4. The molecule has 258 valence electrons. The number of aryl methyl sites for hydroxylation is 2. The molecular weight excluding hydrogens is 597 g/mol. The first-order valence-electron chi connectivity index (χ1n) is 20.3. The van der Waals surface area contributed by atoms with Gasteiger partial charge >= 0.3 is 0 Å². The molecule has 3 heteroatoms. The highest BCUT2D eigenvalue weighted by molar-refractivity contribution is 7.29. The van der Waals surface area contributed by atoms with Crippen LogP contribution in [0, 0.1) is 13.8 Å². The van der Waals surface area contributed by atoms with Crippen LogP contribution in [0.1, 0.15) is 203 Å². The SMILES string of the molecule is CCCCCCCCCCCCCCCC[Si]1(CCCCCCCCCCCCCCCC)c2cc(C)sc2-c2sc(C)cc21. The number of hydrogen-bond acceptors (Lipinski definition) is 2. The summed E-state index contributed by atoms with van der Waals surface area (Å²) in [7, 11) is -1.62. The van der Waals surface area contributed by atoms with E-state index in [1.165, 1.54) is 192 Å². The van der Waals surface area contributed by atoms with Gasteiger partial charge in [-0.2, -0.15) is 0 Å². The third-order valence-electron chi connectivity index (χ3n) is 10.9. The van der Waals surface area contributed by atoms with Crippen LogP contribution in [0.2, 0.25) is 12.1 Å². The smallest absolute Gasteiger partial charge is 0.122 e. The molecular formula is C42H74S2Si. The van der Waals surface area contributed by atoms with E-state index in [0.29, 0.717) is 0 Å². The van der Waals surface area contributed by atoms with Gasteiger partial charge in [-0.25, -0.2) is 0 Å². The molecule has 3 heterocycles. The minimum Gasteiger partial charge on any atom is -0.140 e. The van der Waals surface area contributed by atoms with Crippen LogP contribution < -0.4 is 10.4 Å². The van der Waals surface area contributed by atoms with E-state index >= 15 is 0 Å². The predicted molar refractivity (Wildman–Crippen MR) is 212 cm³/mol. The van der Waals surface area contributed by atoms with E-state index in [9.17, 15) is 0 Å². The van der Waals surface area contributed by atoms with Crippen molar-refractivity contribution in [2.45, 2.75) is 220 Å². The van der Waals surface area contributed by atoms with E-state index in [4.69, 9.17) is 0 Å². The second kappa shape index (κ2) is 23.9. The van der Waals surface area contributed by atoms with Crippen LogP contribution in [0.15, 0.2) is 12.1 Å². The average Bonchev–Trinajstić information content (AvgIpc) is 3.68. The molecule has 0 spiro atoms. The topological polar surface area (TPSA) is 0 Å². The van der Waals surface area contributed by atoms with E-state index in [-0.39, 0.29) is 0 Å².